The highest BCUT2D eigenvalue weighted by atomic mass is 19.4. The van der Waals surface area contributed by atoms with Gasteiger partial charge in [-0.3, -0.25) is 4.79 Å². The summed E-state index contributed by atoms with van der Waals surface area (Å²) in [6.07, 6.45) is -4.13. The summed E-state index contributed by atoms with van der Waals surface area (Å²) in [6, 6.07) is 4.71. The second-order valence-corrected chi connectivity index (χ2v) is 4.65. The van der Waals surface area contributed by atoms with Crippen LogP contribution in [0.2, 0.25) is 0 Å². The lowest BCUT2D eigenvalue weighted by Gasteiger charge is -2.12. The Labute approximate surface area is 120 Å². The number of hydrogen-bond acceptors (Lipinski definition) is 3. The zero-order valence-corrected chi connectivity index (χ0v) is 11.8. The fourth-order valence-corrected chi connectivity index (χ4v) is 1.62. The third-order valence-electron chi connectivity index (χ3n) is 2.51. The molecule has 0 bridgehead atoms. The molecular weight excluding hydrogens is 285 g/mol. The minimum Gasteiger partial charge on any atom is -0.459 e. The first kappa shape index (κ1) is 16.9. The van der Waals surface area contributed by atoms with Crippen LogP contribution in [0.4, 0.5) is 13.2 Å². The first-order valence-electron chi connectivity index (χ1n) is 6.22. The lowest BCUT2D eigenvalue weighted by atomic mass is 10.0. The van der Waals surface area contributed by atoms with E-state index >= 15 is 0 Å². The monoisotopic (exact) mass is 300 g/mol. The average Bonchev–Trinajstić information content (AvgIpc) is 2.33. The summed E-state index contributed by atoms with van der Waals surface area (Å²) < 4.78 is 43.5. The van der Waals surface area contributed by atoms with Crippen LogP contribution >= 0.6 is 0 Å². The molecule has 0 aliphatic heterocycles. The van der Waals surface area contributed by atoms with Gasteiger partial charge in [0, 0.05) is 0 Å². The van der Waals surface area contributed by atoms with Crippen molar-refractivity contribution in [2.24, 2.45) is 0 Å². The van der Waals surface area contributed by atoms with E-state index in [9.17, 15) is 22.8 Å². The largest absolute Gasteiger partial charge is 0.459 e. The Bertz CT molecular complexity index is 572. The number of Topliss-reactive ketones (excluding diaryl/α,β-unsaturated/α-hetero) is 1. The van der Waals surface area contributed by atoms with Crippen molar-refractivity contribution in [3.05, 3.63) is 41.0 Å². The average molecular weight is 300 g/mol. The van der Waals surface area contributed by atoms with Gasteiger partial charge < -0.3 is 4.74 Å². The molecule has 1 aromatic carbocycles. The Morgan fingerprint density at radius 2 is 1.76 bits per heavy atom. The van der Waals surface area contributed by atoms with E-state index < -0.39 is 35.2 Å². The molecule has 114 valence electrons. The number of alkyl halides is 3. The summed E-state index contributed by atoms with van der Waals surface area (Å²) in [6.45, 7) is 4.27. The van der Waals surface area contributed by atoms with E-state index in [1.54, 1.807) is 13.8 Å². The molecule has 0 radical (unpaired) electrons. The number of hydrogen-bond donors (Lipinski definition) is 0. The second kappa shape index (κ2) is 6.56. The van der Waals surface area contributed by atoms with Gasteiger partial charge in [-0.15, -0.1) is 0 Å². The lowest BCUT2D eigenvalue weighted by Crippen LogP contribution is -2.18. The third-order valence-corrected chi connectivity index (χ3v) is 2.51. The highest BCUT2D eigenvalue weighted by Gasteiger charge is 2.33. The van der Waals surface area contributed by atoms with E-state index in [0.717, 1.165) is 19.1 Å². The minimum absolute atomic E-state index is 0.254. The van der Waals surface area contributed by atoms with Crippen molar-refractivity contribution in [1.29, 1.82) is 0 Å². The van der Waals surface area contributed by atoms with Crippen LogP contribution in [-0.2, 0) is 20.5 Å². The van der Waals surface area contributed by atoms with Crippen molar-refractivity contribution >= 4 is 17.8 Å². The molecule has 0 amide bonds. The van der Waals surface area contributed by atoms with Crippen molar-refractivity contribution in [2.75, 3.05) is 0 Å². The molecule has 6 heteroatoms. The number of carbonyl (C=O) groups excluding carboxylic acids is 2. The zero-order valence-electron chi connectivity index (χ0n) is 11.8. The van der Waals surface area contributed by atoms with Crippen molar-refractivity contribution in [3.63, 3.8) is 0 Å². The summed E-state index contributed by atoms with van der Waals surface area (Å²) in [5, 5.41) is 0. The molecule has 0 heterocycles. The molecule has 0 spiro atoms. The molecule has 21 heavy (non-hydrogen) atoms. The maximum Gasteiger partial charge on any atom is 0.416 e. The predicted molar refractivity (Wildman–Crippen MR) is 71.3 cm³/mol. The zero-order chi connectivity index (χ0) is 16.2. The molecule has 3 nitrogen and oxygen atoms in total. The molecule has 1 aromatic rings. The summed E-state index contributed by atoms with van der Waals surface area (Å²) in [5.41, 5.74) is -1.59. The molecule has 0 atom stereocenters. The molecule has 0 unspecified atom stereocenters. The van der Waals surface area contributed by atoms with Gasteiger partial charge in [0.2, 0.25) is 0 Å². The molecule has 0 N–H and O–H groups in total. The predicted octanol–water partition coefficient (Wildman–Crippen LogP) is 3.63. The standard InChI is InChI=1S/C15H15F3O3/c1-9(2)21-14(20)12(10(3)19)8-11-6-4-5-7-13(11)15(16,17)18/h4-9H,1-3H3/b12-8+. The highest BCUT2D eigenvalue weighted by Crippen LogP contribution is 2.32. The first-order valence-corrected chi connectivity index (χ1v) is 6.22. The quantitative estimate of drug-likeness (QED) is 0.369. The SMILES string of the molecule is CC(=O)/C(=C\c1ccccc1C(F)(F)F)C(=O)OC(C)C. The van der Waals surface area contributed by atoms with Crippen LogP contribution in [0.5, 0.6) is 0 Å². The maximum atomic E-state index is 12.9. The van der Waals surface area contributed by atoms with Gasteiger partial charge in [-0.25, -0.2) is 4.79 Å². The van der Waals surface area contributed by atoms with Crippen LogP contribution < -0.4 is 0 Å². The highest BCUT2D eigenvalue weighted by molar-refractivity contribution is 6.19. The number of ketones is 1. The summed E-state index contributed by atoms with van der Waals surface area (Å²) in [4.78, 5) is 23.2. The van der Waals surface area contributed by atoms with Gasteiger partial charge in [0.1, 0.15) is 5.57 Å². The Kier molecular flexibility index (Phi) is 5.29. The molecule has 1 rings (SSSR count). The number of esters is 1. The van der Waals surface area contributed by atoms with Crippen molar-refractivity contribution in [2.45, 2.75) is 33.1 Å². The Morgan fingerprint density at radius 1 is 1.19 bits per heavy atom. The topological polar surface area (TPSA) is 43.4 Å². The summed E-state index contributed by atoms with van der Waals surface area (Å²) >= 11 is 0. The Hall–Kier alpha value is -2.11. The van der Waals surface area contributed by atoms with Crippen LogP contribution in [-0.4, -0.2) is 17.9 Å². The van der Waals surface area contributed by atoms with Crippen LogP contribution in [0.3, 0.4) is 0 Å². The summed E-state index contributed by atoms with van der Waals surface area (Å²) in [5.74, 6) is -1.59. The molecular formula is C15H15F3O3. The third kappa shape index (κ3) is 4.73. The smallest absolute Gasteiger partial charge is 0.416 e. The van der Waals surface area contributed by atoms with Crippen LogP contribution in [0.15, 0.2) is 29.8 Å². The van der Waals surface area contributed by atoms with E-state index in [2.05, 4.69) is 0 Å². The first-order chi connectivity index (χ1) is 9.62. The lowest BCUT2D eigenvalue weighted by molar-refractivity contribution is -0.143. The van der Waals surface area contributed by atoms with Gasteiger partial charge in [0.15, 0.2) is 5.78 Å². The molecule has 0 saturated carbocycles. The van der Waals surface area contributed by atoms with Gasteiger partial charge >= 0.3 is 12.1 Å². The Morgan fingerprint density at radius 3 is 2.24 bits per heavy atom. The number of carbonyl (C=O) groups is 2. The van der Waals surface area contributed by atoms with Crippen LogP contribution in [0.25, 0.3) is 6.08 Å². The number of benzene rings is 1. The minimum atomic E-state index is -4.57. The fraction of sp³-hybridized carbons (Fsp3) is 0.333. The van der Waals surface area contributed by atoms with Gasteiger partial charge in [-0.1, -0.05) is 18.2 Å². The normalized spacial score (nSPS) is 12.4. The number of halogens is 3. The number of ether oxygens (including phenoxy) is 1. The van der Waals surface area contributed by atoms with E-state index in [1.165, 1.54) is 18.2 Å². The molecule has 0 aliphatic carbocycles. The van der Waals surface area contributed by atoms with Crippen LogP contribution in [0, 0.1) is 0 Å². The van der Waals surface area contributed by atoms with Gasteiger partial charge in [-0.05, 0) is 38.5 Å². The molecule has 0 aliphatic rings. The maximum absolute atomic E-state index is 12.9. The molecule has 0 saturated heterocycles. The van der Waals surface area contributed by atoms with Crippen molar-refractivity contribution in [3.8, 4) is 0 Å². The van der Waals surface area contributed by atoms with Crippen LogP contribution in [0.1, 0.15) is 31.9 Å². The van der Waals surface area contributed by atoms with Gasteiger partial charge in [-0.2, -0.15) is 13.2 Å². The summed E-state index contributed by atoms with van der Waals surface area (Å²) in [7, 11) is 0. The van der Waals surface area contributed by atoms with E-state index in [4.69, 9.17) is 4.74 Å². The van der Waals surface area contributed by atoms with E-state index in [1.807, 2.05) is 0 Å². The van der Waals surface area contributed by atoms with E-state index in [-0.39, 0.29) is 5.56 Å². The van der Waals surface area contributed by atoms with Crippen molar-refractivity contribution in [1.82, 2.24) is 0 Å². The van der Waals surface area contributed by atoms with Crippen molar-refractivity contribution < 1.29 is 27.5 Å². The second-order valence-electron chi connectivity index (χ2n) is 4.65. The molecule has 0 aromatic heterocycles. The van der Waals surface area contributed by atoms with E-state index in [0.29, 0.717) is 0 Å². The Balaban J connectivity index is 3.31. The fourth-order valence-electron chi connectivity index (χ4n) is 1.62. The van der Waals surface area contributed by atoms with Gasteiger partial charge in [0.25, 0.3) is 0 Å². The van der Waals surface area contributed by atoms with Gasteiger partial charge in [0.05, 0.1) is 11.7 Å². The molecule has 0 fully saturated rings. The number of rotatable bonds is 4.